The predicted octanol–water partition coefficient (Wildman–Crippen LogP) is 0.757. The topological polar surface area (TPSA) is 123 Å². The third-order valence-electron chi connectivity index (χ3n) is 5.21. The Balaban J connectivity index is 1.66. The first-order chi connectivity index (χ1) is 15.8. The van der Waals surface area contributed by atoms with Gasteiger partial charge in [-0.25, -0.2) is 23.9 Å². The van der Waals surface area contributed by atoms with Crippen molar-refractivity contribution in [3.05, 3.63) is 80.2 Å². The molecule has 0 radical (unpaired) electrons. The monoisotopic (exact) mass is 472 g/mol. The summed E-state index contributed by atoms with van der Waals surface area (Å²) in [6.45, 7) is 1.76. The molecule has 2 N–H and O–H groups in total. The Bertz CT molecular complexity index is 1470. The molecule has 1 unspecified atom stereocenters. The van der Waals surface area contributed by atoms with E-state index in [9.17, 15) is 17.6 Å². The number of hydrogen-bond donors (Lipinski definition) is 2. The average molecular weight is 472 g/mol. The largest absolute Gasteiger partial charge is 0.470 e. The summed E-state index contributed by atoms with van der Waals surface area (Å²) in [5.41, 5.74) is 0.803. The number of nitrogens with one attached hydrogen (secondary N) is 2. The van der Waals surface area contributed by atoms with Crippen LogP contribution in [0.3, 0.4) is 0 Å². The van der Waals surface area contributed by atoms with Gasteiger partial charge in [-0.05, 0) is 36.3 Å². The van der Waals surface area contributed by atoms with Gasteiger partial charge in [-0.1, -0.05) is 12.1 Å². The Kier molecular flexibility index (Phi) is 6.25. The standard InChI is InChI=1S/C22H21FN4O5S/c1-13-16-7-6-15(31-19-5-3-4-9-25-19)12-18(16)32-22(28)17(13)11-14-8-10-26-21(20(14)23)27-33(29,30)24-2/h3-5,7-10,12,15,24H,6,11H2,1-2H3,(H,26,27). The third-order valence-corrected chi connectivity index (χ3v) is 6.21. The zero-order valence-electron chi connectivity index (χ0n) is 17.8. The van der Waals surface area contributed by atoms with Crippen LogP contribution in [0.4, 0.5) is 10.2 Å². The van der Waals surface area contributed by atoms with Crippen LogP contribution in [0.5, 0.6) is 5.88 Å². The maximum absolute atomic E-state index is 14.9. The molecule has 0 saturated carbocycles. The van der Waals surface area contributed by atoms with Crippen molar-refractivity contribution in [3.8, 4) is 5.88 Å². The zero-order valence-corrected chi connectivity index (χ0v) is 18.6. The Morgan fingerprint density at radius 1 is 1.24 bits per heavy atom. The minimum absolute atomic E-state index is 0.0915. The Hall–Kier alpha value is -3.57. The molecule has 0 spiro atoms. The van der Waals surface area contributed by atoms with E-state index in [-0.39, 0.29) is 23.7 Å². The van der Waals surface area contributed by atoms with Gasteiger partial charge in [0.25, 0.3) is 10.2 Å². The van der Waals surface area contributed by atoms with E-state index in [2.05, 4.69) is 9.97 Å². The van der Waals surface area contributed by atoms with Gasteiger partial charge in [-0.3, -0.25) is 4.72 Å². The molecular formula is C22H21FN4O5S. The van der Waals surface area contributed by atoms with Gasteiger partial charge in [-0.15, -0.1) is 0 Å². The lowest BCUT2D eigenvalue weighted by Crippen LogP contribution is -2.39. The molecule has 0 saturated heterocycles. The van der Waals surface area contributed by atoms with Crippen LogP contribution in [0.2, 0.25) is 0 Å². The Morgan fingerprint density at radius 2 is 2.06 bits per heavy atom. The molecule has 0 fully saturated rings. The molecule has 1 atom stereocenters. The van der Waals surface area contributed by atoms with Crippen molar-refractivity contribution in [2.45, 2.75) is 25.9 Å². The molecule has 11 heteroatoms. The molecule has 4 rings (SSSR count). The summed E-state index contributed by atoms with van der Waals surface area (Å²) < 4.78 is 53.6. The van der Waals surface area contributed by atoms with E-state index >= 15 is 0 Å². The van der Waals surface area contributed by atoms with Crippen LogP contribution in [0.25, 0.3) is 12.2 Å². The summed E-state index contributed by atoms with van der Waals surface area (Å²) in [6.07, 6.45) is 6.62. The van der Waals surface area contributed by atoms with Gasteiger partial charge < -0.3 is 9.15 Å². The van der Waals surface area contributed by atoms with E-state index in [1.165, 1.54) is 19.3 Å². The van der Waals surface area contributed by atoms with Crippen molar-refractivity contribution in [2.24, 2.45) is 0 Å². The molecule has 0 amide bonds. The molecule has 3 aromatic rings. The summed E-state index contributed by atoms with van der Waals surface area (Å²) in [5, 5.41) is 0.732. The first kappa shape index (κ1) is 22.6. The van der Waals surface area contributed by atoms with E-state index in [0.29, 0.717) is 23.3 Å². The number of ether oxygens (including phenoxy) is 1. The van der Waals surface area contributed by atoms with Crippen molar-refractivity contribution in [1.29, 1.82) is 0 Å². The van der Waals surface area contributed by atoms with Crippen LogP contribution in [0.1, 0.15) is 23.1 Å². The number of nitrogens with zero attached hydrogens (tertiary/aromatic N) is 2. The van der Waals surface area contributed by atoms with E-state index in [4.69, 9.17) is 9.15 Å². The van der Waals surface area contributed by atoms with Crippen LogP contribution >= 0.6 is 0 Å². The molecular weight excluding hydrogens is 451 g/mol. The van der Waals surface area contributed by atoms with Crippen LogP contribution in [-0.4, -0.2) is 31.5 Å². The molecule has 9 nitrogen and oxygen atoms in total. The number of hydrogen-bond acceptors (Lipinski definition) is 7. The highest BCUT2D eigenvalue weighted by atomic mass is 32.2. The lowest BCUT2D eigenvalue weighted by molar-refractivity contribution is 0.256. The summed E-state index contributed by atoms with van der Waals surface area (Å²) in [7, 11) is -2.76. The lowest BCUT2D eigenvalue weighted by Gasteiger charge is -2.16. The van der Waals surface area contributed by atoms with E-state index in [0.717, 1.165) is 5.22 Å². The van der Waals surface area contributed by atoms with Gasteiger partial charge in [0.15, 0.2) is 11.6 Å². The summed E-state index contributed by atoms with van der Waals surface area (Å²) in [4.78, 5) is 20.6. The van der Waals surface area contributed by atoms with E-state index in [1.807, 2.05) is 21.6 Å². The minimum Gasteiger partial charge on any atom is -0.470 e. The molecule has 0 bridgehead atoms. The van der Waals surface area contributed by atoms with Crippen LogP contribution in [0.15, 0.2) is 45.9 Å². The first-order valence-corrected chi connectivity index (χ1v) is 11.5. The van der Waals surface area contributed by atoms with Crippen molar-refractivity contribution >= 4 is 28.2 Å². The predicted molar refractivity (Wildman–Crippen MR) is 120 cm³/mol. The maximum atomic E-state index is 14.9. The fourth-order valence-corrected chi connectivity index (χ4v) is 3.98. The fraction of sp³-hybridized carbons (Fsp3) is 0.227. The first-order valence-electron chi connectivity index (χ1n) is 10.0. The number of rotatable bonds is 7. The lowest BCUT2D eigenvalue weighted by atomic mass is 9.99. The Morgan fingerprint density at radius 3 is 2.79 bits per heavy atom. The van der Waals surface area contributed by atoms with Crippen molar-refractivity contribution in [3.63, 3.8) is 0 Å². The number of anilines is 1. The number of aromatic nitrogens is 2. The summed E-state index contributed by atoms with van der Waals surface area (Å²) in [6, 6.07) is 6.72. The van der Waals surface area contributed by atoms with Gasteiger partial charge >= 0.3 is 5.63 Å². The summed E-state index contributed by atoms with van der Waals surface area (Å²) >= 11 is 0. The molecule has 3 heterocycles. The molecule has 1 aliphatic rings. The number of fused-ring (bicyclic) bond motifs is 1. The molecule has 172 valence electrons. The van der Waals surface area contributed by atoms with Crippen molar-refractivity contribution in [1.82, 2.24) is 14.7 Å². The number of halogens is 1. The third kappa shape index (κ3) is 4.94. The van der Waals surface area contributed by atoms with E-state index in [1.54, 1.807) is 31.3 Å². The summed E-state index contributed by atoms with van der Waals surface area (Å²) in [5.74, 6) is -0.868. The van der Waals surface area contributed by atoms with Gasteiger partial charge in [0.05, 0.1) is 0 Å². The average Bonchev–Trinajstić information content (AvgIpc) is 2.79. The smallest absolute Gasteiger partial charge is 0.340 e. The SMILES string of the molecule is CNS(=O)(=O)Nc1nccc(Cc2c(C)c3c(oc2=O)=CC(Oc2ccccn2)CC=3)c1F. The molecule has 33 heavy (non-hydrogen) atoms. The normalized spacial score (nSPS) is 15.2. The maximum Gasteiger partial charge on any atom is 0.340 e. The second kappa shape index (κ2) is 9.12. The minimum atomic E-state index is -3.95. The highest BCUT2D eigenvalue weighted by Gasteiger charge is 2.19. The quantitative estimate of drug-likeness (QED) is 0.520. The molecule has 3 aromatic heterocycles. The van der Waals surface area contributed by atoms with E-state index < -0.39 is 27.5 Å². The van der Waals surface area contributed by atoms with Gasteiger partial charge in [0.1, 0.15) is 11.5 Å². The molecule has 1 aliphatic carbocycles. The van der Waals surface area contributed by atoms with Gasteiger partial charge in [0, 0.05) is 49.1 Å². The highest BCUT2D eigenvalue weighted by Crippen LogP contribution is 2.19. The van der Waals surface area contributed by atoms with Crippen LogP contribution in [0, 0.1) is 12.7 Å². The number of pyridine rings is 2. The fourth-order valence-electron chi connectivity index (χ4n) is 3.48. The van der Waals surface area contributed by atoms with Gasteiger partial charge in [0.2, 0.25) is 5.88 Å². The van der Waals surface area contributed by atoms with Crippen LogP contribution < -0.4 is 30.4 Å². The van der Waals surface area contributed by atoms with Crippen LogP contribution in [-0.2, 0) is 16.6 Å². The second-order valence-electron chi connectivity index (χ2n) is 7.32. The Labute approximate surface area is 188 Å². The van der Waals surface area contributed by atoms with Gasteiger partial charge in [-0.2, -0.15) is 8.42 Å². The van der Waals surface area contributed by atoms with Crippen molar-refractivity contribution in [2.75, 3.05) is 11.8 Å². The molecule has 0 aliphatic heterocycles. The zero-order chi connectivity index (χ0) is 23.6. The second-order valence-corrected chi connectivity index (χ2v) is 8.94. The molecule has 0 aromatic carbocycles. The highest BCUT2D eigenvalue weighted by molar-refractivity contribution is 7.90. The van der Waals surface area contributed by atoms with Crippen molar-refractivity contribution < 1.29 is 22.0 Å².